The van der Waals surface area contributed by atoms with E-state index in [1.807, 2.05) is 6.07 Å². The number of benzene rings is 1. The predicted octanol–water partition coefficient (Wildman–Crippen LogP) is 3.74. The number of carboxylic acids is 1. The van der Waals surface area contributed by atoms with E-state index in [1.54, 1.807) is 23.5 Å². The van der Waals surface area contributed by atoms with Gasteiger partial charge in [-0.15, -0.1) is 11.3 Å². The molecule has 0 amide bonds. The van der Waals surface area contributed by atoms with E-state index in [0.29, 0.717) is 11.6 Å². The van der Waals surface area contributed by atoms with Crippen molar-refractivity contribution in [2.24, 2.45) is 0 Å². The average Bonchev–Trinajstić information content (AvgIpc) is 2.92. The first-order valence-electron chi connectivity index (χ1n) is 6.42. The molecule has 1 aromatic carbocycles. The van der Waals surface area contributed by atoms with E-state index in [2.05, 4.69) is 16.9 Å². The van der Waals surface area contributed by atoms with Crippen LogP contribution in [0.25, 0.3) is 10.2 Å². The Balaban J connectivity index is 1.93. The number of aromatic carboxylic acids is 1. The third-order valence-corrected chi connectivity index (χ3v) is 4.20. The summed E-state index contributed by atoms with van der Waals surface area (Å²) in [5.74, 6) is 0.0691. The van der Waals surface area contributed by atoms with Gasteiger partial charge in [-0.1, -0.05) is 6.92 Å². The average molecular weight is 300 g/mol. The lowest BCUT2D eigenvalue weighted by Gasteiger charge is -2.05. The molecule has 2 heterocycles. The zero-order valence-electron chi connectivity index (χ0n) is 11.2. The van der Waals surface area contributed by atoms with Gasteiger partial charge in [-0.05, 0) is 36.8 Å². The predicted molar refractivity (Wildman–Crippen MR) is 80.3 cm³/mol. The highest BCUT2D eigenvalue weighted by atomic mass is 32.1. The number of carboxylic acid groups (broad SMARTS) is 1. The maximum Gasteiger partial charge on any atom is 0.335 e. The SMILES string of the molecule is CCc1cc2c(Oc3ccc(C(=O)O)cc3)ncnc2s1. The Kier molecular flexibility index (Phi) is 3.53. The molecular weight excluding hydrogens is 288 g/mol. The minimum absolute atomic E-state index is 0.221. The molecule has 5 nitrogen and oxygen atoms in total. The topological polar surface area (TPSA) is 72.3 Å². The molecular formula is C15H12N2O3S. The van der Waals surface area contributed by atoms with Crippen LogP contribution in [0, 0.1) is 0 Å². The first kappa shape index (κ1) is 13.5. The lowest BCUT2D eigenvalue weighted by Crippen LogP contribution is -1.95. The van der Waals surface area contributed by atoms with Crippen molar-refractivity contribution >= 4 is 27.5 Å². The Labute approximate surface area is 124 Å². The Bertz CT molecular complexity index is 796. The van der Waals surface area contributed by atoms with Gasteiger partial charge in [0, 0.05) is 4.88 Å². The summed E-state index contributed by atoms with van der Waals surface area (Å²) >= 11 is 1.62. The van der Waals surface area contributed by atoms with Crippen LogP contribution in [0.5, 0.6) is 11.6 Å². The number of ether oxygens (including phenoxy) is 1. The molecule has 0 spiro atoms. The maximum atomic E-state index is 10.8. The summed E-state index contributed by atoms with van der Waals surface area (Å²) < 4.78 is 5.75. The fraction of sp³-hybridized carbons (Fsp3) is 0.133. The second-order valence-electron chi connectivity index (χ2n) is 4.40. The van der Waals surface area contributed by atoms with Gasteiger partial charge in [0.05, 0.1) is 10.9 Å². The highest BCUT2D eigenvalue weighted by Crippen LogP contribution is 2.32. The van der Waals surface area contributed by atoms with Gasteiger partial charge >= 0.3 is 5.97 Å². The van der Waals surface area contributed by atoms with Gasteiger partial charge in [-0.25, -0.2) is 14.8 Å². The van der Waals surface area contributed by atoms with Gasteiger partial charge < -0.3 is 9.84 Å². The van der Waals surface area contributed by atoms with Crippen LogP contribution < -0.4 is 4.74 Å². The van der Waals surface area contributed by atoms with Crippen LogP contribution in [0.4, 0.5) is 0 Å². The van der Waals surface area contributed by atoms with Gasteiger partial charge in [0.25, 0.3) is 0 Å². The summed E-state index contributed by atoms with van der Waals surface area (Å²) in [7, 11) is 0. The van der Waals surface area contributed by atoms with Crippen molar-refractivity contribution in [3.05, 3.63) is 47.1 Å². The molecule has 0 bridgehead atoms. The number of nitrogens with zero attached hydrogens (tertiary/aromatic N) is 2. The van der Waals surface area contributed by atoms with Crippen molar-refractivity contribution in [2.45, 2.75) is 13.3 Å². The van der Waals surface area contributed by atoms with Crippen molar-refractivity contribution in [3.63, 3.8) is 0 Å². The zero-order valence-corrected chi connectivity index (χ0v) is 12.1. The second-order valence-corrected chi connectivity index (χ2v) is 5.51. The summed E-state index contributed by atoms with van der Waals surface area (Å²) in [4.78, 5) is 21.3. The maximum absolute atomic E-state index is 10.8. The van der Waals surface area contributed by atoms with Crippen LogP contribution in [-0.4, -0.2) is 21.0 Å². The van der Waals surface area contributed by atoms with Crippen LogP contribution in [0.1, 0.15) is 22.2 Å². The Morgan fingerprint density at radius 3 is 2.71 bits per heavy atom. The fourth-order valence-electron chi connectivity index (χ4n) is 1.92. The van der Waals surface area contributed by atoms with Gasteiger partial charge in [0.2, 0.25) is 5.88 Å². The molecule has 3 aromatic rings. The minimum atomic E-state index is -0.962. The molecule has 106 valence electrons. The molecule has 0 unspecified atom stereocenters. The molecule has 0 radical (unpaired) electrons. The number of hydrogen-bond acceptors (Lipinski definition) is 5. The molecule has 0 aliphatic carbocycles. The largest absolute Gasteiger partial charge is 0.478 e. The summed E-state index contributed by atoms with van der Waals surface area (Å²) in [6.07, 6.45) is 2.41. The number of hydrogen-bond donors (Lipinski definition) is 1. The number of carbonyl (C=O) groups is 1. The molecule has 21 heavy (non-hydrogen) atoms. The summed E-state index contributed by atoms with van der Waals surface area (Å²) in [6, 6.07) is 8.26. The number of aryl methyl sites for hydroxylation is 1. The molecule has 0 aliphatic heterocycles. The van der Waals surface area contributed by atoms with Crippen molar-refractivity contribution < 1.29 is 14.6 Å². The number of fused-ring (bicyclic) bond motifs is 1. The summed E-state index contributed by atoms with van der Waals surface area (Å²) in [5, 5.41) is 9.75. The third-order valence-electron chi connectivity index (χ3n) is 3.01. The first-order valence-corrected chi connectivity index (χ1v) is 7.23. The molecule has 0 fully saturated rings. The zero-order chi connectivity index (χ0) is 14.8. The van der Waals surface area contributed by atoms with E-state index in [9.17, 15) is 4.79 Å². The van der Waals surface area contributed by atoms with Gasteiger partial charge in [-0.3, -0.25) is 0 Å². The lowest BCUT2D eigenvalue weighted by atomic mass is 10.2. The number of aromatic nitrogens is 2. The molecule has 0 saturated carbocycles. The highest BCUT2D eigenvalue weighted by molar-refractivity contribution is 7.18. The van der Waals surface area contributed by atoms with Gasteiger partial charge in [-0.2, -0.15) is 0 Å². The van der Waals surface area contributed by atoms with E-state index in [-0.39, 0.29) is 5.56 Å². The van der Waals surface area contributed by atoms with E-state index < -0.39 is 5.97 Å². The van der Waals surface area contributed by atoms with Crippen molar-refractivity contribution in [3.8, 4) is 11.6 Å². The van der Waals surface area contributed by atoms with Crippen LogP contribution in [-0.2, 0) is 6.42 Å². The summed E-state index contributed by atoms with van der Waals surface area (Å²) in [6.45, 7) is 2.09. The Hall–Kier alpha value is -2.47. The van der Waals surface area contributed by atoms with Crippen LogP contribution in [0.3, 0.4) is 0 Å². The van der Waals surface area contributed by atoms with E-state index in [0.717, 1.165) is 16.6 Å². The van der Waals surface area contributed by atoms with Gasteiger partial charge in [0.1, 0.15) is 16.9 Å². The van der Waals surface area contributed by atoms with E-state index in [1.165, 1.54) is 23.3 Å². The normalized spacial score (nSPS) is 10.7. The van der Waals surface area contributed by atoms with E-state index in [4.69, 9.17) is 9.84 Å². The highest BCUT2D eigenvalue weighted by Gasteiger charge is 2.10. The molecule has 0 aliphatic rings. The quantitative estimate of drug-likeness (QED) is 0.794. The molecule has 3 rings (SSSR count). The van der Waals surface area contributed by atoms with Crippen LogP contribution in [0.15, 0.2) is 36.7 Å². The number of rotatable bonds is 4. The smallest absolute Gasteiger partial charge is 0.335 e. The Morgan fingerprint density at radius 1 is 1.29 bits per heavy atom. The first-order chi connectivity index (χ1) is 10.2. The van der Waals surface area contributed by atoms with E-state index >= 15 is 0 Å². The van der Waals surface area contributed by atoms with Crippen LogP contribution >= 0.6 is 11.3 Å². The third kappa shape index (κ3) is 2.71. The standard InChI is InChI=1S/C15H12N2O3S/c1-2-11-7-12-13(16-8-17-14(12)21-11)20-10-5-3-9(4-6-10)15(18)19/h3-8H,2H2,1H3,(H,18,19). The fourth-order valence-corrected chi connectivity index (χ4v) is 2.84. The lowest BCUT2D eigenvalue weighted by molar-refractivity contribution is 0.0697. The van der Waals surface area contributed by atoms with Crippen molar-refractivity contribution in [1.82, 2.24) is 9.97 Å². The minimum Gasteiger partial charge on any atom is -0.478 e. The van der Waals surface area contributed by atoms with Crippen molar-refractivity contribution in [1.29, 1.82) is 0 Å². The Morgan fingerprint density at radius 2 is 2.05 bits per heavy atom. The van der Waals surface area contributed by atoms with Crippen LogP contribution in [0.2, 0.25) is 0 Å². The summed E-state index contributed by atoms with van der Waals surface area (Å²) in [5.41, 5.74) is 0.221. The molecule has 6 heteroatoms. The van der Waals surface area contributed by atoms with Crippen molar-refractivity contribution in [2.75, 3.05) is 0 Å². The molecule has 0 saturated heterocycles. The van der Waals surface area contributed by atoms with Gasteiger partial charge in [0.15, 0.2) is 0 Å². The molecule has 2 aromatic heterocycles. The number of thiophene rings is 1. The molecule has 1 N–H and O–H groups in total. The monoisotopic (exact) mass is 300 g/mol. The molecule has 0 atom stereocenters. The second kappa shape index (κ2) is 5.49.